The average molecular weight is 1130 g/mol. The summed E-state index contributed by atoms with van der Waals surface area (Å²) in [5, 5.41) is 21.3. The van der Waals surface area contributed by atoms with Crippen molar-refractivity contribution in [2.24, 2.45) is 20.0 Å². The number of amides is 3. The maximum Gasteiger partial charge on any atom is 0.328 e. The third kappa shape index (κ3) is 12.4. The molecule has 1 aliphatic heterocycles. The van der Waals surface area contributed by atoms with Gasteiger partial charge in [-0.2, -0.15) is 5.10 Å². The van der Waals surface area contributed by atoms with Gasteiger partial charge in [0, 0.05) is 68.8 Å². The number of fused-ring (bicyclic) bond motifs is 1. The summed E-state index contributed by atoms with van der Waals surface area (Å²) in [5.41, 5.74) is 6.85. The van der Waals surface area contributed by atoms with Gasteiger partial charge in [-0.05, 0) is 92.3 Å². The molecule has 0 aliphatic carbocycles. The van der Waals surface area contributed by atoms with E-state index >= 15 is 0 Å². The van der Waals surface area contributed by atoms with Gasteiger partial charge in [0.25, 0.3) is 15.9 Å². The number of nitrogens with one attached hydrogen (secondary N) is 3. The molecule has 1 saturated heterocycles. The van der Waals surface area contributed by atoms with Gasteiger partial charge in [0.15, 0.2) is 5.75 Å². The van der Waals surface area contributed by atoms with Crippen LogP contribution in [0.15, 0.2) is 131 Å². The lowest BCUT2D eigenvalue weighted by Gasteiger charge is -2.30. The number of aliphatic hydroxyl groups excluding tert-OH is 1. The van der Waals surface area contributed by atoms with Gasteiger partial charge in [-0.1, -0.05) is 57.2 Å². The van der Waals surface area contributed by atoms with E-state index in [1.165, 1.54) is 44.4 Å². The zero-order valence-electron chi connectivity index (χ0n) is 45.6. The first-order valence-electron chi connectivity index (χ1n) is 26.3. The molecule has 4 aromatic heterocycles. The molecular formula is C58H64N10O10S2. The van der Waals surface area contributed by atoms with Crippen molar-refractivity contribution < 1.29 is 42.1 Å². The number of anilines is 1. The Labute approximate surface area is 467 Å². The van der Waals surface area contributed by atoms with E-state index in [0.717, 1.165) is 28.1 Å². The van der Waals surface area contributed by atoms with Crippen molar-refractivity contribution in [3.63, 3.8) is 0 Å². The van der Waals surface area contributed by atoms with Crippen molar-refractivity contribution in [2.45, 2.75) is 89.6 Å². The smallest absolute Gasteiger partial charge is 0.328 e. The molecule has 5 heterocycles. The Balaban J connectivity index is 0.825. The van der Waals surface area contributed by atoms with E-state index in [9.17, 15) is 32.7 Å². The largest absolute Gasteiger partial charge is 0.493 e. The first kappa shape index (κ1) is 56.4. The van der Waals surface area contributed by atoms with Crippen LogP contribution in [0.3, 0.4) is 0 Å². The lowest BCUT2D eigenvalue weighted by atomic mass is 10.0. The Morgan fingerprint density at radius 2 is 1.61 bits per heavy atom. The zero-order chi connectivity index (χ0) is 57.0. The molecule has 5 atom stereocenters. The quantitative estimate of drug-likeness (QED) is 0.0531. The minimum Gasteiger partial charge on any atom is -0.493 e. The van der Waals surface area contributed by atoms with Crippen LogP contribution in [0.1, 0.15) is 81.2 Å². The van der Waals surface area contributed by atoms with Gasteiger partial charge in [0.1, 0.15) is 29.7 Å². The molecule has 0 radical (unpaired) electrons. The topological polar surface area (TPSA) is 243 Å². The molecule has 80 heavy (non-hydrogen) atoms. The molecule has 0 spiro atoms. The third-order valence-corrected chi connectivity index (χ3v) is 16.2. The number of carbonyl (C=O) groups excluding carboxylic acids is 3. The van der Waals surface area contributed by atoms with E-state index in [2.05, 4.69) is 30.4 Å². The van der Waals surface area contributed by atoms with Gasteiger partial charge in [-0.15, -0.1) is 11.3 Å². The standard InChI is InChI=1S/C58H64N10O10S2/c1-9-22-76-44-13-11-14-45(26-44)78-51-28-49-48(65(7)58(73)66(49)8)27-47(51)64-80(74,75)46-15-10-12-41(23-46)55(70)60-29-35(4)77-52-24-40(20-21-59-52)42-30-62-68(31-42)53(34(2)3)57(72)67-32-43(69)25-50(67)56(71)63-36(5)38-16-18-39(19-17-38)54-37(6)61-33-79-54/h10-21,23-24,26-28,30-31,33-36,43,50,53,64,69H,9,22,25,29,32H2,1-8H3,(H,60,70)(H,63,71)/t35-,36+,43-,50+,53+/m1/s1. The van der Waals surface area contributed by atoms with Gasteiger partial charge < -0.3 is 34.9 Å². The molecule has 1 fully saturated rings. The number of β-amino-alcohol motifs (C(OH)–C–C–N with tert-alkyl or cyclic N) is 1. The van der Waals surface area contributed by atoms with Crippen molar-refractivity contribution in [3.05, 3.63) is 148 Å². The monoisotopic (exact) mass is 1120 g/mol. The minimum atomic E-state index is -4.34. The Morgan fingerprint density at radius 3 is 2.34 bits per heavy atom. The number of rotatable bonds is 21. The van der Waals surface area contributed by atoms with E-state index in [0.29, 0.717) is 40.3 Å². The van der Waals surface area contributed by atoms with Crippen molar-refractivity contribution in [3.8, 4) is 44.7 Å². The van der Waals surface area contributed by atoms with Crippen molar-refractivity contribution in [2.75, 3.05) is 24.4 Å². The predicted octanol–water partition coefficient (Wildman–Crippen LogP) is 8.18. The summed E-state index contributed by atoms with van der Waals surface area (Å²) >= 11 is 1.57. The molecule has 22 heteroatoms. The number of hydrogen-bond donors (Lipinski definition) is 4. The second kappa shape index (κ2) is 23.9. The van der Waals surface area contributed by atoms with Gasteiger partial charge >= 0.3 is 5.69 Å². The minimum absolute atomic E-state index is 0.00322. The van der Waals surface area contributed by atoms with Crippen molar-refractivity contribution in [1.29, 1.82) is 0 Å². The van der Waals surface area contributed by atoms with Crippen LogP contribution in [0.4, 0.5) is 5.69 Å². The predicted molar refractivity (Wildman–Crippen MR) is 304 cm³/mol. The molecule has 3 amide bonds. The van der Waals surface area contributed by atoms with E-state index < -0.39 is 40.2 Å². The lowest BCUT2D eigenvalue weighted by molar-refractivity contribution is -0.142. The first-order chi connectivity index (χ1) is 38.3. The summed E-state index contributed by atoms with van der Waals surface area (Å²) in [5.74, 6) is -0.153. The maximum atomic E-state index is 14.4. The fourth-order valence-electron chi connectivity index (χ4n) is 9.63. The molecule has 1 aliphatic rings. The molecular weight excluding hydrogens is 1060 g/mol. The number of benzene rings is 4. The van der Waals surface area contributed by atoms with Crippen molar-refractivity contribution >= 4 is 55.8 Å². The molecule has 4 N–H and O–H groups in total. The normalized spacial score (nSPS) is 15.6. The number of likely N-dealkylation sites (tertiary alicyclic amines) is 1. The number of aryl methyl sites for hydroxylation is 3. The number of sulfonamides is 1. The molecule has 20 nitrogen and oxygen atoms in total. The summed E-state index contributed by atoms with van der Waals surface area (Å²) in [6.07, 6.45) is 4.38. The fraction of sp³-hybridized carbons (Fsp3) is 0.328. The van der Waals surface area contributed by atoms with E-state index in [1.54, 1.807) is 98.1 Å². The number of hydrogen-bond acceptors (Lipinski definition) is 14. The van der Waals surface area contributed by atoms with Crippen LogP contribution < -0.4 is 35.3 Å². The highest BCUT2D eigenvalue weighted by Crippen LogP contribution is 2.37. The fourth-order valence-corrected chi connectivity index (χ4v) is 11.5. The Bertz CT molecular complexity index is 3740. The van der Waals surface area contributed by atoms with Crippen LogP contribution in [-0.4, -0.2) is 103 Å². The number of aliphatic hydroxyl groups is 1. The average Bonchev–Trinajstić information content (AvgIpc) is 4.31. The third-order valence-electron chi connectivity index (χ3n) is 13.9. The van der Waals surface area contributed by atoms with Crippen LogP contribution in [0.25, 0.3) is 32.6 Å². The molecule has 0 saturated carbocycles. The Hall–Kier alpha value is -8.34. The molecule has 0 unspecified atom stereocenters. The molecule has 4 aromatic carbocycles. The highest BCUT2D eigenvalue weighted by Gasteiger charge is 2.43. The number of aromatic nitrogens is 6. The highest BCUT2D eigenvalue weighted by molar-refractivity contribution is 7.92. The Morgan fingerprint density at radius 1 is 0.875 bits per heavy atom. The number of carbonyl (C=O) groups is 3. The number of pyridine rings is 1. The SMILES string of the molecule is CCCOc1cccc(Oc2cc3c(cc2NS(=O)(=O)c2cccc(C(=O)NC[C@@H](C)Oc4cc(-c5cnn([C@H](C(=O)N6C[C@H](O)C[C@H]6C(=O)N[C@@H](C)c6ccc(-c7scnc7C)cc6)C(C)C)c5)ccn4)c2)n(C)c(=O)n3C)c1. The van der Waals surface area contributed by atoms with Crippen LogP contribution in [0.2, 0.25) is 0 Å². The van der Waals surface area contributed by atoms with Gasteiger partial charge in [-0.25, -0.2) is 23.2 Å². The number of nitrogens with zero attached hydrogens (tertiary/aromatic N) is 7. The van der Waals surface area contributed by atoms with Crippen LogP contribution in [0, 0.1) is 12.8 Å². The van der Waals surface area contributed by atoms with Crippen LogP contribution in [-0.2, 0) is 33.7 Å². The summed E-state index contributed by atoms with van der Waals surface area (Å²) < 4.78 is 53.3. The molecule has 418 valence electrons. The number of thiazole rings is 1. The van der Waals surface area contributed by atoms with E-state index in [1.807, 2.05) is 64.4 Å². The Kier molecular flexibility index (Phi) is 16.9. The highest BCUT2D eigenvalue weighted by atomic mass is 32.2. The summed E-state index contributed by atoms with van der Waals surface area (Å²) in [7, 11) is -1.14. The van der Waals surface area contributed by atoms with Crippen LogP contribution in [0.5, 0.6) is 23.1 Å². The zero-order valence-corrected chi connectivity index (χ0v) is 47.2. The first-order valence-corrected chi connectivity index (χ1v) is 28.6. The van der Waals surface area contributed by atoms with Crippen LogP contribution >= 0.6 is 11.3 Å². The van der Waals surface area contributed by atoms with Gasteiger partial charge in [0.2, 0.25) is 17.7 Å². The number of ether oxygens (including phenoxy) is 3. The summed E-state index contributed by atoms with van der Waals surface area (Å²) in [4.78, 5) is 65.8. The summed E-state index contributed by atoms with van der Waals surface area (Å²) in [6.45, 7) is 11.9. The van der Waals surface area contributed by atoms with E-state index in [-0.39, 0.29) is 76.8 Å². The molecule has 0 bridgehead atoms. The number of imidazole rings is 1. The lowest BCUT2D eigenvalue weighted by Crippen LogP contribution is -2.49. The van der Waals surface area contributed by atoms with E-state index in [4.69, 9.17) is 14.2 Å². The second-order valence-corrected chi connectivity index (χ2v) is 22.8. The molecule has 8 aromatic rings. The molecule has 9 rings (SSSR count). The van der Waals surface area contributed by atoms with Gasteiger partial charge in [-0.3, -0.25) is 32.9 Å². The maximum absolute atomic E-state index is 14.4. The summed E-state index contributed by atoms with van der Waals surface area (Å²) in [6, 6.07) is 25.0. The van der Waals surface area contributed by atoms with Gasteiger partial charge in [0.05, 0.1) is 69.2 Å². The van der Waals surface area contributed by atoms with Crippen molar-refractivity contribution in [1.82, 2.24) is 44.4 Å². The second-order valence-electron chi connectivity index (χ2n) is 20.2.